The molecule has 9 heteroatoms. The second kappa shape index (κ2) is 10.0. The Morgan fingerprint density at radius 3 is 2.83 bits per heavy atom. The fourth-order valence-electron chi connectivity index (χ4n) is 2.77. The maximum Gasteiger partial charge on any atom is 0.338 e. The highest BCUT2D eigenvalue weighted by Crippen LogP contribution is 2.22. The predicted molar refractivity (Wildman–Crippen MR) is 111 cm³/mol. The van der Waals surface area contributed by atoms with Crippen molar-refractivity contribution in [3.8, 4) is 0 Å². The van der Waals surface area contributed by atoms with Crippen LogP contribution in [0.2, 0.25) is 0 Å². The minimum Gasteiger partial charge on any atom is -0.462 e. The maximum absolute atomic E-state index is 12.3. The van der Waals surface area contributed by atoms with Crippen LogP contribution < -0.4 is 15.5 Å². The molecule has 8 nitrogen and oxygen atoms in total. The van der Waals surface area contributed by atoms with Crippen molar-refractivity contribution in [3.05, 3.63) is 40.9 Å². The second-order valence-electron chi connectivity index (χ2n) is 6.65. The van der Waals surface area contributed by atoms with E-state index in [9.17, 15) is 14.4 Å². The normalized spacial score (nSPS) is 13.7. The number of anilines is 2. The van der Waals surface area contributed by atoms with Gasteiger partial charge in [0, 0.05) is 24.2 Å². The van der Waals surface area contributed by atoms with Gasteiger partial charge in [-0.25, -0.2) is 14.6 Å². The van der Waals surface area contributed by atoms with Gasteiger partial charge in [-0.2, -0.15) is 0 Å². The molecule has 29 heavy (non-hydrogen) atoms. The summed E-state index contributed by atoms with van der Waals surface area (Å²) in [6.07, 6.45) is 2.76. The summed E-state index contributed by atoms with van der Waals surface area (Å²) in [6.45, 7) is 3.73. The predicted octanol–water partition coefficient (Wildman–Crippen LogP) is 3.20. The van der Waals surface area contributed by atoms with E-state index in [0.29, 0.717) is 41.8 Å². The molecule has 1 aromatic heterocycles. The van der Waals surface area contributed by atoms with Gasteiger partial charge in [-0.15, -0.1) is 11.3 Å². The topological polar surface area (TPSA) is 101 Å². The number of hydrogen-bond acceptors (Lipinski definition) is 6. The molecular weight excluding hydrogens is 392 g/mol. The Hall–Kier alpha value is -2.94. The summed E-state index contributed by atoms with van der Waals surface area (Å²) in [5.74, 6) is -0.587. The van der Waals surface area contributed by atoms with Crippen molar-refractivity contribution in [2.75, 3.05) is 29.9 Å². The number of thiazole rings is 1. The van der Waals surface area contributed by atoms with Crippen molar-refractivity contribution >= 4 is 40.1 Å². The quantitative estimate of drug-likeness (QED) is 0.508. The number of esters is 1. The number of hydrogen-bond donors (Lipinski definition) is 2. The molecule has 1 saturated heterocycles. The Kier molecular flexibility index (Phi) is 7.18. The lowest BCUT2D eigenvalue weighted by atomic mass is 10.2. The van der Waals surface area contributed by atoms with Gasteiger partial charge in [-0.05, 0) is 37.1 Å². The first-order valence-electron chi connectivity index (χ1n) is 9.63. The van der Waals surface area contributed by atoms with Crippen LogP contribution in [0.15, 0.2) is 29.6 Å². The minimum atomic E-state index is -0.368. The lowest BCUT2D eigenvalue weighted by molar-refractivity contribution is -0.115. The lowest BCUT2D eigenvalue weighted by Gasteiger charge is -2.24. The average molecular weight is 417 g/mol. The van der Waals surface area contributed by atoms with E-state index in [-0.39, 0.29) is 24.3 Å². The number of ether oxygens (including phenoxy) is 1. The van der Waals surface area contributed by atoms with Gasteiger partial charge >= 0.3 is 12.0 Å². The Morgan fingerprint density at radius 2 is 2.10 bits per heavy atom. The van der Waals surface area contributed by atoms with Crippen molar-refractivity contribution in [1.82, 2.24) is 10.3 Å². The number of urea groups is 1. The van der Waals surface area contributed by atoms with E-state index in [4.69, 9.17) is 4.74 Å². The zero-order chi connectivity index (χ0) is 20.6. The van der Waals surface area contributed by atoms with Gasteiger partial charge in [0.1, 0.15) is 0 Å². The fraction of sp³-hybridized carbons (Fsp3) is 0.400. The number of nitrogens with one attached hydrogen (secondary N) is 2. The van der Waals surface area contributed by atoms with Crippen LogP contribution in [0, 0.1) is 0 Å². The Balaban J connectivity index is 1.52. The molecular formula is C20H24N4O4S. The largest absolute Gasteiger partial charge is 0.462 e. The third kappa shape index (κ3) is 5.77. The third-order valence-corrected chi connectivity index (χ3v) is 5.24. The van der Waals surface area contributed by atoms with Gasteiger partial charge in [0.2, 0.25) is 5.91 Å². The monoisotopic (exact) mass is 416 g/mol. The summed E-state index contributed by atoms with van der Waals surface area (Å²) >= 11 is 1.34. The van der Waals surface area contributed by atoms with Gasteiger partial charge < -0.3 is 15.4 Å². The lowest BCUT2D eigenvalue weighted by Crippen LogP contribution is -2.46. The summed E-state index contributed by atoms with van der Waals surface area (Å²) in [4.78, 5) is 42.1. The van der Waals surface area contributed by atoms with Crippen molar-refractivity contribution < 1.29 is 19.1 Å². The standard InChI is InChI=1S/C20H24N4O4S/c1-2-3-11-28-18(26)14-5-7-15(8-6-14)22-17(25)12-16-13-29-20(23-16)24-10-4-9-21-19(24)27/h5-8,13H,2-4,9-12H2,1H3,(H,21,27)(H,22,25). The van der Waals surface area contributed by atoms with E-state index in [1.165, 1.54) is 11.3 Å². The van der Waals surface area contributed by atoms with E-state index in [2.05, 4.69) is 15.6 Å². The SMILES string of the molecule is CCCCOC(=O)c1ccc(NC(=O)Cc2csc(N3CCCNC3=O)n2)cc1. The van der Waals surface area contributed by atoms with Crippen LogP contribution in [-0.2, 0) is 16.0 Å². The highest BCUT2D eigenvalue weighted by Gasteiger charge is 2.22. The van der Waals surface area contributed by atoms with E-state index in [1.54, 1.807) is 34.5 Å². The van der Waals surface area contributed by atoms with Gasteiger partial charge in [0.15, 0.2) is 5.13 Å². The van der Waals surface area contributed by atoms with Crippen LogP contribution >= 0.6 is 11.3 Å². The van der Waals surface area contributed by atoms with Gasteiger partial charge in [0.05, 0.1) is 24.3 Å². The fourth-order valence-corrected chi connectivity index (χ4v) is 3.61. The van der Waals surface area contributed by atoms with Crippen molar-refractivity contribution in [3.63, 3.8) is 0 Å². The zero-order valence-electron chi connectivity index (χ0n) is 16.3. The maximum atomic E-state index is 12.3. The highest BCUT2D eigenvalue weighted by molar-refractivity contribution is 7.14. The van der Waals surface area contributed by atoms with Gasteiger partial charge in [0.25, 0.3) is 0 Å². The van der Waals surface area contributed by atoms with Crippen LogP contribution in [-0.4, -0.2) is 42.6 Å². The summed E-state index contributed by atoms with van der Waals surface area (Å²) < 4.78 is 5.16. The minimum absolute atomic E-state index is 0.104. The Bertz CT molecular complexity index is 866. The first-order chi connectivity index (χ1) is 14.1. The first-order valence-corrected chi connectivity index (χ1v) is 10.5. The molecule has 3 amide bonds. The Morgan fingerprint density at radius 1 is 1.31 bits per heavy atom. The molecule has 0 bridgehead atoms. The molecule has 1 aliphatic rings. The molecule has 1 aliphatic heterocycles. The molecule has 3 rings (SSSR count). The van der Waals surface area contributed by atoms with Crippen LogP contribution in [0.25, 0.3) is 0 Å². The number of nitrogens with zero attached hydrogens (tertiary/aromatic N) is 2. The van der Waals surface area contributed by atoms with Crippen LogP contribution in [0.5, 0.6) is 0 Å². The number of benzene rings is 1. The molecule has 2 aromatic rings. The Labute approximate surface area is 173 Å². The molecule has 2 heterocycles. The molecule has 2 N–H and O–H groups in total. The number of carbonyl (C=O) groups excluding carboxylic acids is 3. The molecule has 0 saturated carbocycles. The number of unbranched alkanes of at least 4 members (excludes halogenated alkanes) is 1. The molecule has 1 aromatic carbocycles. The summed E-state index contributed by atoms with van der Waals surface area (Å²) in [5.41, 5.74) is 1.64. The highest BCUT2D eigenvalue weighted by atomic mass is 32.1. The molecule has 0 aliphatic carbocycles. The summed E-state index contributed by atoms with van der Waals surface area (Å²) in [6, 6.07) is 6.42. The molecule has 0 radical (unpaired) electrons. The number of carbonyl (C=O) groups is 3. The van der Waals surface area contributed by atoms with Crippen LogP contribution in [0.3, 0.4) is 0 Å². The number of amides is 3. The molecule has 154 valence electrons. The zero-order valence-corrected chi connectivity index (χ0v) is 17.1. The smallest absolute Gasteiger partial charge is 0.338 e. The van der Waals surface area contributed by atoms with Crippen molar-refractivity contribution in [2.24, 2.45) is 0 Å². The molecule has 0 unspecified atom stereocenters. The van der Waals surface area contributed by atoms with E-state index < -0.39 is 0 Å². The number of aromatic nitrogens is 1. The van der Waals surface area contributed by atoms with Crippen LogP contribution in [0.1, 0.15) is 42.2 Å². The molecule has 1 fully saturated rings. The number of rotatable bonds is 8. The summed E-state index contributed by atoms with van der Waals surface area (Å²) in [5, 5.41) is 7.95. The van der Waals surface area contributed by atoms with Gasteiger partial charge in [-0.1, -0.05) is 13.3 Å². The van der Waals surface area contributed by atoms with E-state index >= 15 is 0 Å². The third-order valence-electron chi connectivity index (χ3n) is 4.33. The molecule has 0 atom stereocenters. The van der Waals surface area contributed by atoms with Gasteiger partial charge in [-0.3, -0.25) is 9.69 Å². The molecule has 0 spiro atoms. The van der Waals surface area contributed by atoms with E-state index in [1.807, 2.05) is 6.92 Å². The average Bonchev–Trinajstić information content (AvgIpc) is 3.17. The van der Waals surface area contributed by atoms with Crippen molar-refractivity contribution in [1.29, 1.82) is 0 Å². The van der Waals surface area contributed by atoms with Crippen molar-refractivity contribution in [2.45, 2.75) is 32.6 Å². The second-order valence-corrected chi connectivity index (χ2v) is 7.49. The van der Waals surface area contributed by atoms with E-state index in [0.717, 1.165) is 19.3 Å². The van der Waals surface area contributed by atoms with Crippen LogP contribution in [0.4, 0.5) is 15.6 Å². The first kappa shape index (κ1) is 20.8. The summed E-state index contributed by atoms with van der Waals surface area (Å²) in [7, 11) is 0.